The predicted molar refractivity (Wildman–Crippen MR) is 108 cm³/mol. The molecule has 0 radical (unpaired) electrons. The fourth-order valence-electron chi connectivity index (χ4n) is 2.94. The van der Waals surface area contributed by atoms with Crippen molar-refractivity contribution in [3.63, 3.8) is 0 Å². The smallest absolute Gasteiger partial charge is 0.280 e. The first-order valence-electron chi connectivity index (χ1n) is 8.85. The topological polar surface area (TPSA) is 50.1 Å². The molecule has 1 N–H and O–H groups in total. The van der Waals surface area contributed by atoms with E-state index in [1.165, 1.54) is 16.8 Å². The molecule has 0 saturated heterocycles. The first kappa shape index (κ1) is 19.1. The maximum atomic E-state index is 13.2. The van der Waals surface area contributed by atoms with E-state index in [9.17, 15) is 9.18 Å². The molecule has 3 aromatic rings. The molecule has 1 aromatic heterocycles. The predicted octanol–water partition coefficient (Wildman–Crippen LogP) is 4.92. The molecule has 0 aliphatic carbocycles. The summed E-state index contributed by atoms with van der Waals surface area (Å²) >= 11 is 5.91. The van der Waals surface area contributed by atoms with Crippen LogP contribution in [0.5, 0.6) is 0 Å². The Bertz CT molecular complexity index is 1000. The zero-order valence-corrected chi connectivity index (χ0v) is 16.1. The highest BCUT2D eigenvalue weighted by Crippen LogP contribution is 2.14. The van der Waals surface area contributed by atoms with Crippen molar-refractivity contribution in [2.75, 3.05) is 0 Å². The van der Waals surface area contributed by atoms with E-state index >= 15 is 0 Å². The molecular formula is C21H21ClFN3O. The molecule has 3 rings (SSSR count). The highest BCUT2D eigenvalue weighted by Gasteiger charge is 2.17. The van der Waals surface area contributed by atoms with Gasteiger partial charge in [-0.05, 0) is 55.3 Å². The first-order chi connectivity index (χ1) is 13.0. The van der Waals surface area contributed by atoms with Gasteiger partial charge in [0.25, 0.3) is 5.56 Å². The van der Waals surface area contributed by atoms with Gasteiger partial charge in [-0.1, -0.05) is 37.1 Å². The van der Waals surface area contributed by atoms with Crippen molar-refractivity contribution in [1.29, 1.82) is 0 Å². The summed E-state index contributed by atoms with van der Waals surface area (Å²) in [6, 6.07) is 13.3. The van der Waals surface area contributed by atoms with Gasteiger partial charge in [-0.2, -0.15) is 0 Å². The molecule has 6 heteroatoms. The molecule has 0 atom stereocenters. The van der Waals surface area contributed by atoms with E-state index in [0.717, 1.165) is 24.1 Å². The average Bonchev–Trinajstić information content (AvgIpc) is 2.98. The van der Waals surface area contributed by atoms with Gasteiger partial charge in [0.15, 0.2) is 0 Å². The third-order valence-electron chi connectivity index (χ3n) is 4.32. The number of aromatic amines is 1. The Morgan fingerprint density at radius 3 is 2.44 bits per heavy atom. The van der Waals surface area contributed by atoms with Gasteiger partial charge in [0.05, 0.1) is 17.8 Å². The molecule has 2 aromatic carbocycles. The van der Waals surface area contributed by atoms with E-state index in [2.05, 4.69) is 17.0 Å². The summed E-state index contributed by atoms with van der Waals surface area (Å²) in [5, 5.41) is 3.83. The summed E-state index contributed by atoms with van der Waals surface area (Å²) in [5.41, 5.74) is 3.53. The molecule has 0 spiro atoms. The number of rotatable bonds is 6. The Balaban J connectivity index is 1.97. The maximum Gasteiger partial charge on any atom is 0.280 e. The molecule has 0 amide bonds. The standard InChI is InChI=1S/C21H21ClFN3O/c1-3-4-19-20(14(2)24-13-15-5-7-16(22)8-6-15)21(27)26(25-19)18-11-9-17(23)10-12-18/h5-12,25H,3-4,13H2,1-2H3. The molecule has 4 nitrogen and oxygen atoms in total. The van der Waals surface area contributed by atoms with Crippen LogP contribution in [-0.4, -0.2) is 15.5 Å². The summed E-state index contributed by atoms with van der Waals surface area (Å²) in [4.78, 5) is 17.6. The molecule has 0 saturated carbocycles. The van der Waals surface area contributed by atoms with Crippen molar-refractivity contribution in [3.8, 4) is 5.69 Å². The van der Waals surface area contributed by atoms with E-state index in [-0.39, 0.29) is 11.4 Å². The molecule has 0 aliphatic heterocycles. The molecule has 1 heterocycles. The molecule has 140 valence electrons. The Morgan fingerprint density at radius 1 is 1.15 bits per heavy atom. The lowest BCUT2D eigenvalue weighted by Gasteiger charge is -2.02. The Kier molecular flexibility index (Phi) is 5.91. The van der Waals surface area contributed by atoms with Gasteiger partial charge < -0.3 is 0 Å². The van der Waals surface area contributed by atoms with Gasteiger partial charge in [-0.25, -0.2) is 9.07 Å². The van der Waals surface area contributed by atoms with Gasteiger partial charge in [0, 0.05) is 16.4 Å². The minimum atomic E-state index is -0.340. The second-order valence-corrected chi connectivity index (χ2v) is 6.80. The number of halogens is 2. The molecule has 0 fully saturated rings. The van der Waals surface area contributed by atoms with E-state index in [0.29, 0.717) is 28.5 Å². The van der Waals surface area contributed by atoms with E-state index < -0.39 is 0 Å². The average molecular weight is 386 g/mol. The number of aromatic nitrogens is 2. The van der Waals surface area contributed by atoms with Crippen LogP contribution in [-0.2, 0) is 13.0 Å². The summed E-state index contributed by atoms with van der Waals surface area (Å²) in [6.07, 6.45) is 1.62. The normalized spacial score (nSPS) is 11.8. The van der Waals surface area contributed by atoms with Gasteiger partial charge in [-0.15, -0.1) is 0 Å². The number of hydrogen-bond acceptors (Lipinski definition) is 2. The van der Waals surface area contributed by atoms with Crippen LogP contribution in [0.4, 0.5) is 4.39 Å². The highest BCUT2D eigenvalue weighted by molar-refractivity contribution is 6.30. The summed E-state index contributed by atoms with van der Waals surface area (Å²) in [5.74, 6) is -0.340. The van der Waals surface area contributed by atoms with Gasteiger partial charge in [0.1, 0.15) is 5.82 Å². The molecule has 27 heavy (non-hydrogen) atoms. The Hall–Kier alpha value is -2.66. The number of hydrogen-bond donors (Lipinski definition) is 1. The number of benzene rings is 2. The molecule has 0 aliphatic rings. The summed E-state index contributed by atoms with van der Waals surface area (Å²) in [6.45, 7) is 4.36. The van der Waals surface area contributed by atoms with Crippen LogP contribution in [0.1, 0.15) is 37.1 Å². The van der Waals surface area contributed by atoms with Crippen molar-refractivity contribution in [1.82, 2.24) is 9.78 Å². The van der Waals surface area contributed by atoms with Crippen LogP contribution in [0.2, 0.25) is 5.02 Å². The Morgan fingerprint density at radius 2 is 1.81 bits per heavy atom. The third-order valence-corrected chi connectivity index (χ3v) is 4.58. The molecule has 0 unspecified atom stereocenters. The van der Waals surface area contributed by atoms with E-state index in [1.54, 1.807) is 12.1 Å². The van der Waals surface area contributed by atoms with Crippen LogP contribution in [0, 0.1) is 5.82 Å². The van der Waals surface area contributed by atoms with Crippen molar-refractivity contribution < 1.29 is 4.39 Å². The summed E-state index contributed by atoms with van der Waals surface area (Å²) in [7, 11) is 0. The van der Waals surface area contributed by atoms with Crippen molar-refractivity contribution in [2.45, 2.75) is 33.2 Å². The lowest BCUT2D eigenvalue weighted by atomic mass is 10.1. The largest absolute Gasteiger partial charge is 0.294 e. The lowest BCUT2D eigenvalue weighted by molar-refractivity contribution is 0.626. The number of H-pyrrole nitrogens is 1. The van der Waals surface area contributed by atoms with Crippen LogP contribution in [0.15, 0.2) is 58.3 Å². The third kappa shape index (κ3) is 4.37. The SMILES string of the molecule is CCCc1[nH]n(-c2ccc(F)cc2)c(=O)c1C(C)=NCc1ccc(Cl)cc1. The minimum Gasteiger partial charge on any atom is -0.294 e. The fourth-order valence-corrected chi connectivity index (χ4v) is 3.06. The second-order valence-electron chi connectivity index (χ2n) is 6.36. The number of aliphatic imine (C=N–C) groups is 1. The first-order valence-corrected chi connectivity index (χ1v) is 9.23. The minimum absolute atomic E-state index is 0.178. The maximum absolute atomic E-state index is 13.2. The second kappa shape index (κ2) is 8.35. The zero-order chi connectivity index (χ0) is 19.4. The molecular weight excluding hydrogens is 365 g/mol. The quantitative estimate of drug-likeness (QED) is 0.601. The fraction of sp³-hybridized carbons (Fsp3) is 0.238. The summed E-state index contributed by atoms with van der Waals surface area (Å²) < 4.78 is 14.6. The number of aryl methyl sites for hydroxylation is 1. The van der Waals surface area contributed by atoms with E-state index in [1.807, 2.05) is 31.2 Å². The zero-order valence-electron chi connectivity index (χ0n) is 15.3. The monoisotopic (exact) mass is 385 g/mol. The van der Waals surface area contributed by atoms with Crippen LogP contribution < -0.4 is 5.56 Å². The van der Waals surface area contributed by atoms with Crippen molar-refractivity contribution in [2.24, 2.45) is 4.99 Å². The number of nitrogens with one attached hydrogen (secondary N) is 1. The van der Waals surface area contributed by atoms with Crippen molar-refractivity contribution in [3.05, 3.63) is 86.5 Å². The van der Waals surface area contributed by atoms with E-state index in [4.69, 9.17) is 11.6 Å². The van der Waals surface area contributed by atoms with Gasteiger partial charge in [0.2, 0.25) is 0 Å². The highest BCUT2D eigenvalue weighted by atomic mass is 35.5. The van der Waals surface area contributed by atoms with Crippen molar-refractivity contribution >= 4 is 17.3 Å². The Labute approximate surface area is 162 Å². The van der Waals surface area contributed by atoms with Gasteiger partial charge in [-0.3, -0.25) is 14.9 Å². The van der Waals surface area contributed by atoms with Crippen LogP contribution in [0.25, 0.3) is 5.69 Å². The van der Waals surface area contributed by atoms with Crippen LogP contribution in [0.3, 0.4) is 0 Å². The lowest BCUT2D eigenvalue weighted by Crippen LogP contribution is -2.20. The molecule has 0 bridgehead atoms. The van der Waals surface area contributed by atoms with Gasteiger partial charge >= 0.3 is 0 Å². The number of nitrogens with zero attached hydrogens (tertiary/aromatic N) is 2. The van der Waals surface area contributed by atoms with Crippen LogP contribution >= 0.6 is 11.6 Å².